The van der Waals surface area contributed by atoms with Gasteiger partial charge in [0.25, 0.3) is 0 Å². The monoisotopic (exact) mass is 412 g/mol. The molecule has 29 heavy (non-hydrogen) atoms. The van der Waals surface area contributed by atoms with Crippen molar-refractivity contribution in [2.75, 3.05) is 50.2 Å². The lowest BCUT2D eigenvalue weighted by Crippen LogP contribution is -2.37. The second-order valence-corrected chi connectivity index (χ2v) is 8.33. The van der Waals surface area contributed by atoms with Crippen molar-refractivity contribution >= 4 is 34.4 Å². The number of hydrogen-bond donors (Lipinski definition) is 0. The molecule has 3 heterocycles. The molecule has 8 heteroatoms. The van der Waals surface area contributed by atoms with Crippen LogP contribution in [-0.4, -0.2) is 59.9 Å². The van der Waals surface area contributed by atoms with Crippen LogP contribution in [0.3, 0.4) is 0 Å². The molecule has 0 radical (unpaired) electrons. The van der Waals surface area contributed by atoms with Crippen LogP contribution in [0.25, 0.3) is 11.2 Å². The standard InChI is InChI=1S/C21H28N6OS/c1-5-17-22-18-19(26(17)4)23-21(24-20(18)27-10-12-28-13-11-27)29-14-15-6-8-16(9-7-15)25(2)3/h6-9H,5,10-14H2,1-4H3. The first-order valence-corrected chi connectivity index (χ1v) is 11.0. The molecule has 0 unspecified atom stereocenters. The molecule has 1 fully saturated rings. The van der Waals surface area contributed by atoms with Gasteiger partial charge in [0.2, 0.25) is 0 Å². The summed E-state index contributed by atoms with van der Waals surface area (Å²) in [6.45, 7) is 5.23. The largest absolute Gasteiger partial charge is 0.378 e. The molecule has 1 saturated heterocycles. The molecule has 0 saturated carbocycles. The fourth-order valence-corrected chi connectivity index (χ4v) is 4.28. The Hall–Kier alpha value is -2.32. The fraction of sp³-hybridized carbons (Fsp3) is 0.476. The van der Waals surface area contributed by atoms with Gasteiger partial charge in [-0.1, -0.05) is 30.8 Å². The number of imidazole rings is 1. The maximum absolute atomic E-state index is 5.53. The third-order valence-electron chi connectivity index (χ3n) is 5.22. The number of benzene rings is 1. The molecule has 3 aromatic rings. The van der Waals surface area contributed by atoms with E-state index in [0.717, 1.165) is 66.4 Å². The molecule has 0 aliphatic carbocycles. The Morgan fingerprint density at radius 3 is 2.45 bits per heavy atom. The molecule has 4 rings (SSSR count). The molecule has 1 aromatic carbocycles. The quantitative estimate of drug-likeness (QED) is 0.455. The third-order valence-corrected chi connectivity index (χ3v) is 6.14. The van der Waals surface area contributed by atoms with Gasteiger partial charge in [-0.25, -0.2) is 15.0 Å². The van der Waals surface area contributed by atoms with Crippen molar-refractivity contribution in [3.8, 4) is 0 Å². The number of nitrogens with zero attached hydrogens (tertiary/aromatic N) is 6. The van der Waals surface area contributed by atoms with E-state index in [1.54, 1.807) is 11.8 Å². The molecule has 0 atom stereocenters. The van der Waals surface area contributed by atoms with Crippen LogP contribution in [0.2, 0.25) is 0 Å². The van der Waals surface area contributed by atoms with Crippen LogP contribution in [0, 0.1) is 0 Å². The number of rotatable bonds is 6. The van der Waals surface area contributed by atoms with E-state index in [1.807, 2.05) is 7.05 Å². The molecule has 2 aromatic heterocycles. The Bertz CT molecular complexity index is 979. The summed E-state index contributed by atoms with van der Waals surface area (Å²) in [5.41, 5.74) is 4.26. The normalized spacial score (nSPS) is 14.6. The van der Waals surface area contributed by atoms with Crippen molar-refractivity contribution in [2.45, 2.75) is 24.3 Å². The minimum absolute atomic E-state index is 0.722. The van der Waals surface area contributed by atoms with Crippen LogP contribution in [0.4, 0.5) is 11.5 Å². The lowest BCUT2D eigenvalue weighted by atomic mass is 10.2. The van der Waals surface area contributed by atoms with Crippen molar-refractivity contribution in [1.29, 1.82) is 0 Å². The van der Waals surface area contributed by atoms with Gasteiger partial charge >= 0.3 is 0 Å². The maximum atomic E-state index is 5.53. The zero-order valence-electron chi connectivity index (χ0n) is 17.6. The summed E-state index contributed by atoms with van der Waals surface area (Å²) in [6, 6.07) is 8.63. The number of aromatic nitrogens is 4. The smallest absolute Gasteiger partial charge is 0.191 e. The second kappa shape index (κ2) is 8.59. The van der Waals surface area contributed by atoms with Crippen molar-refractivity contribution < 1.29 is 4.74 Å². The van der Waals surface area contributed by atoms with E-state index in [1.165, 1.54) is 11.3 Å². The number of morpholine rings is 1. The minimum atomic E-state index is 0.722. The van der Waals surface area contributed by atoms with Gasteiger partial charge in [0, 0.05) is 52.1 Å². The zero-order valence-corrected chi connectivity index (χ0v) is 18.4. The summed E-state index contributed by atoms with van der Waals surface area (Å²) < 4.78 is 7.62. The number of aryl methyl sites for hydroxylation is 2. The van der Waals surface area contributed by atoms with Gasteiger partial charge in [0.15, 0.2) is 22.1 Å². The SMILES string of the molecule is CCc1nc2c(N3CCOCC3)nc(SCc3ccc(N(C)C)cc3)nc2n1C. The molecule has 0 amide bonds. The van der Waals surface area contributed by atoms with Gasteiger partial charge in [0.05, 0.1) is 13.2 Å². The lowest BCUT2D eigenvalue weighted by molar-refractivity contribution is 0.122. The summed E-state index contributed by atoms with van der Waals surface area (Å²) in [6.07, 6.45) is 0.871. The second-order valence-electron chi connectivity index (χ2n) is 7.39. The molecule has 0 spiro atoms. The summed E-state index contributed by atoms with van der Waals surface area (Å²) in [5.74, 6) is 2.80. The number of ether oxygens (including phenoxy) is 1. The van der Waals surface area contributed by atoms with Gasteiger partial charge < -0.3 is 19.1 Å². The highest BCUT2D eigenvalue weighted by Crippen LogP contribution is 2.29. The summed E-state index contributed by atoms with van der Waals surface area (Å²) in [5, 5.41) is 0.793. The van der Waals surface area contributed by atoms with Crippen molar-refractivity contribution in [3.05, 3.63) is 35.7 Å². The molecule has 0 N–H and O–H groups in total. The molecule has 1 aliphatic rings. The van der Waals surface area contributed by atoms with E-state index >= 15 is 0 Å². The van der Waals surface area contributed by atoms with Gasteiger partial charge in [-0.05, 0) is 17.7 Å². The van der Waals surface area contributed by atoms with Crippen molar-refractivity contribution in [1.82, 2.24) is 19.5 Å². The van der Waals surface area contributed by atoms with E-state index in [9.17, 15) is 0 Å². The zero-order chi connectivity index (χ0) is 20.4. The Balaban J connectivity index is 1.63. The molecular weight excluding hydrogens is 384 g/mol. The molecule has 1 aliphatic heterocycles. The first-order valence-electron chi connectivity index (χ1n) is 10.0. The van der Waals surface area contributed by atoms with Crippen LogP contribution in [-0.2, 0) is 24.0 Å². The van der Waals surface area contributed by atoms with Crippen molar-refractivity contribution in [2.24, 2.45) is 7.05 Å². The number of fused-ring (bicyclic) bond motifs is 1. The molecule has 0 bridgehead atoms. The average Bonchev–Trinajstić information content (AvgIpc) is 3.08. The topological polar surface area (TPSA) is 59.3 Å². The highest BCUT2D eigenvalue weighted by atomic mass is 32.2. The van der Waals surface area contributed by atoms with E-state index in [2.05, 4.69) is 59.7 Å². The minimum Gasteiger partial charge on any atom is -0.378 e. The first kappa shape index (κ1) is 20.0. The summed E-state index contributed by atoms with van der Waals surface area (Å²) in [4.78, 5) is 19.0. The summed E-state index contributed by atoms with van der Waals surface area (Å²) >= 11 is 1.67. The highest BCUT2D eigenvalue weighted by Gasteiger charge is 2.21. The van der Waals surface area contributed by atoms with Gasteiger partial charge in [0.1, 0.15) is 5.82 Å². The lowest BCUT2D eigenvalue weighted by Gasteiger charge is -2.28. The van der Waals surface area contributed by atoms with E-state index < -0.39 is 0 Å². The maximum Gasteiger partial charge on any atom is 0.191 e. The Morgan fingerprint density at radius 1 is 1.07 bits per heavy atom. The number of hydrogen-bond acceptors (Lipinski definition) is 7. The summed E-state index contributed by atoms with van der Waals surface area (Å²) in [7, 11) is 6.15. The van der Waals surface area contributed by atoms with Crippen LogP contribution >= 0.6 is 11.8 Å². The first-order chi connectivity index (χ1) is 14.1. The average molecular weight is 413 g/mol. The Labute approximate surface area is 176 Å². The Morgan fingerprint density at radius 2 is 1.79 bits per heavy atom. The van der Waals surface area contributed by atoms with Gasteiger partial charge in [-0.2, -0.15) is 0 Å². The van der Waals surface area contributed by atoms with E-state index in [4.69, 9.17) is 19.7 Å². The Kier molecular flexibility index (Phi) is 5.91. The van der Waals surface area contributed by atoms with Crippen LogP contribution in [0.1, 0.15) is 18.3 Å². The highest BCUT2D eigenvalue weighted by molar-refractivity contribution is 7.98. The predicted octanol–water partition coefficient (Wildman–Crippen LogP) is 3.12. The van der Waals surface area contributed by atoms with Crippen molar-refractivity contribution in [3.63, 3.8) is 0 Å². The predicted molar refractivity (Wildman–Crippen MR) is 119 cm³/mol. The van der Waals surface area contributed by atoms with Gasteiger partial charge in [-0.15, -0.1) is 0 Å². The van der Waals surface area contributed by atoms with Crippen LogP contribution < -0.4 is 9.80 Å². The van der Waals surface area contributed by atoms with E-state index in [-0.39, 0.29) is 0 Å². The van der Waals surface area contributed by atoms with E-state index in [0.29, 0.717) is 0 Å². The third kappa shape index (κ3) is 4.18. The van der Waals surface area contributed by atoms with Crippen LogP contribution in [0.15, 0.2) is 29.4 Å². The number of thioether (sulfide) groups is 1. The molecule has 154 valence electrons. The van der Waals surface area contributed by atoms with Crippen LogP contribution in [0.5, 0.6) is 0 Å². The molecule has 7 nitrogen and oxygen atoms in total. The van der Waals surface area contributed by atoms with Gasteiger partial charge in [-0.3, -0.25) is 0 Å². The molecular formula is C21H28N6OS. The fourth-order valence-electron chi connectivity index (χ4n) is 3.49. The number of anilines is 2.